The van der Waals surface area contributed by atoms with Crippen LogP contribution in [0, 0.1) is 5.82 Å². The standard InChI is InChI=1S/C26H27FN6O/c1-34-24-10-6-5-9-23(24)25(26-28-29-30-33(26)19-20-7-3-2-4-8-20)32-17-15-31(16-18-32)22-13-11-21(27)12-14-22/h2-14,25H,15-19H2,1H3/t25-/m0/s1. The molecule has 0 amide bonds. The normalized spacial score (nSPS) is 15.3. The Morgan fingerprint density at radius 2 is 1.59 bits per heavy atom. The molecule has 1 atom stereocenters. The average Bonchev–Trinajstić information content (AvgIpc) is 3.33. The molecule has 3 aromatic carbocycles. The van der Waals surface area contributed by atoms with E-state index in [0.29, 0.717) is 6.54 Å². The first kappa shape index (κ1) is 22.0. The van der Waals surface area contributed by atoms with Gasteiger partial charge in [-0.05, 0) is 46.3 Å². The van der Waals surface area contributed by atoms with Crippen LogP contribution in [0.1, 0.15) is 23.0 Å². The van der Waals surface area contributed by atoms with E-state index in [9.17, 15) is 4.39 Å². The molecule has 1 aromatic heterocycles. The van der Waals surface area contributed by atoms with Crippen molar-refractivity contribution in [1.82, 2.24) is 25.1 Å². The maximum Gasteiger partial charge on any atom is 0.173 e. The Morgan fingerprint density at radius 3 is 2.32 bits per heavy atom. The van der Waals surface area contributed by atoms with E-state index >= 15 is 0 Å². The van der Waals surface area contributed by atoms with Gasteiger partial charge in [0, 0.05) is 37.4 Å². The number of tetrazole rings is 1. The smallest absolute Gasteiger partial charge is 0.173 e. The molecule has 5 rings (SSSR count). The first-order chi connectivity index (χ1) is 16.7. The Kier molecular flexibility index (Phi) is 6.49. The van der Waals surface area contributed by atoms with Crippen molar-refractivity contribution in [3.63, 3.8) is 0 Å². The van der Waals surface area contributed by atoms with Crippen molar-refractivity contribution in [3.05, 3.63) is 102 Å². The molecule has 7 nitrogen and oxygen atoms in total. The van der Waals surface area contributed by atoms with Crippen molar-refractivity contribution in [2.75, 3.05) is 38.2 Å². The van der Waals surface area contributed by atoms with Crippen LogP contribution < -0.4 is 9.64 Å². The van der Waals surface area contributed by atoms with Gasteiger partial charge in [0.1, 0.15) is 17.6 Å². The molecule has 0 bridgehead atoms. The lowest BCUT2D eigenvalue weighted by molar-refractivity contribution is 0.198. The number of piperazine rings is 1. The van der Waals surface area contributed by atoms with E-state index in [-0.39, 0.29) is 11.9 Å². The Labute approximate surface area is 198 Å². The Balaban J connectivity index is 1.45. The van der Waals surface area contributed by atoms with Gasteiger partial charge in [-0.3, -0.25) is 4.90 Å². The van der Waals surface area contributed by atoms with Gasteiger partial charge in [-0.2, -0.15) is 0 Å². The number of anilines is 1. The monoisotopic (exact) mass is 458 g/mol. The number of methoxy groups -OCH3 is 1. The SMILES string of the molecule is COc1ccccc1[C@@H](c1nnnn1Cc1ccccc1)N1CCN(c2ccc(F)cc2)CC1. The summed E-state index contributed by atoms with van der Waals surface area (Å²) in [5, 5.41) is 12.8. The van der Waals surface area contributed by atoms with Crippen LogP contribution in [0.5, 0.6) is 5.75 Å². The molecule has 8 heteroatoms. The molecule has 0 N–H and O–H groups in total. The maximum absolute atomic E-state index is 13.4. The van der Waals surface area contributed by atoms with Crippen molar-refractivity contribution < 1.29 is 9.13 Å². The van der Waals surface area contributed by atoms with Gasteiger partial charge in [0.05, 0.1) is 13.7 Å². The summed E-state index contributed by atoms with van der Waals surface area (Å²) < 4.78 is 21.0. The van der Waals surface area contributed by atoms with Crippen LogP contribution in [0.3, 0.4) is 0 Å². The third-order valence-corrected chi connectivity index (χ3v) is 6.28. The predicted molar refractivity (Wildman–Crippen MR) is 128 cm³/mol. The molecule has 34 heavy (non-hydrogen) atoms. The zero-order valence-corrected chi connectivity index (χ0v) is 19.1. The molecule has 0 unspecified atom stereocenters. The van der Waals surface area contributed by atoms with Crippen LogP contribution in [-0.2, 0) is 6.54 Å². The first-order valence-corrected chi connectivity index (χ1v) is 11.4. The van der Waals surface area contributed by atoms with Gasteiger partial charge in [0.15, 0.2) is 5.82 Å². The van der Waals surface area contributed by atoms with Gasteiger partial charge < -0.3 is 9.64 Å². The fourth-order valence-electron chi connectivity index (χ4n) is 4.56. The lowest BCUT2D eigenvalue weighted by Crippen LogP contribution is -2.48. The number of para-hydroxylation sites is 1. The molecule has 174 valence electrons. The highest BCUT2D eigenvalue weighted by molar-refractivity contribution is 5.47. The molecule has 1 fully saturated rings. The quantitative estimate of drug-likeness (QED) is 0.420. The zero-order valence-electron chi connectivity index (χ0n) is 19.1. The van der Waals surface area contributed by atoms with Crippen LogP contribution in [0.2, 0.25) is 0 Å². The van der Waals surface area contributed by atoms with Crippen LogP contribution in [0.25, 0.3) is 0 Å². The van der Waals surface area contributed by atoms with Crippen LogP contribution in [-0.4, -0.2) is 58.4 Å². The Hall–Kier alpha value is -3.78. The second kappa shape index (κ2) is 10.0. The van der Waals surface area contributed by atoms with Crippen molar-refractivity contribution in [2.24, 2.45) is 0 Å². The molecule has 2 heterocycles. The largest absolute Gasteiger partial charge is 0.496 e. The van der Waals surface area contributed by atoms with E-state index in [1.54, 1.807) is 7.11 Å². The lowest BCUT2D eigenvalue weighted by Gasteiger charge is -2.40. The van der Waals surface area contributed by atoms with E-state index in [2.05, 4.69) is 43.5 Å². The summed E-state index contributed by atoms with van der Waals surface area (Å²) in [6.07, 6.45) is 0. The fraction of sp³-hybridized carbons (Fsp3) is 0.269. The third-order valence-electron chi connectivity index (χ3n) is 6.28. The minimum absolute atomic E-state index is 0.162. The summed E-state index contributed by atoms with van der Waals surface area (Å²) in [4.78, 5) is 4.67. The summed E-state index contributed by atoms with van der Waals surface area (Å²) in [6.45, 7) is 3.83. The lowest BCUT2D eigenvalue weighted by atomic mass is 10.0. The van der Waals surface area contributed by atoms with Gasteiger partial charge in [-0.1, -0.05) is 48.5 Å². The van der Waals surface area contributed by atoms with E-state index in [1.807, 2.05) is 53.2 Å². The first-order valence-electron chi connectivity index (χ1n) is 11.4. The predicted octanol–water partition coefficient (Wildman–Crippen LogP) is 3.78. The van der Waals surface area contributed by atoms with Crippen molar-refractivity contribution in [2.45, 2.75) is 12.6 Å². The van der Waals surface area contributed by atoms with Gasteiger partial charge in [-0.15, -0.1) is 5.10 Å². The van der Waals surface area contributed by atoms with Crippen LogP contribution >= 0.6 is 0 Å². The second-order valence-electron chi connectivity index (χ2n) is 8.32. The molecular weight excluding hydrogens is 431 g/mol. The molecular formula is C26H27FN6O. The third kappa shape index (κ3) is 4.63. The number of hydrogen-bond acceptors (Lipinski definition) is 6. The summed E-state index contributed by atoms with van der Waals surface area (Å²) in [7, 11) is 1.69. The number of rotatable bonds is 7. The minimum Gasteiger partial charge on any atom is -0.496 e. The molecule has 1 saturated heterocycles. The molecule has 0 spiro atoms. The van der Waals surface area contributed by atoms with Gasteiger partial charge in [-0.25, -0.2) is 9.07 Å². The summed E-state index contributed by atoms with van der Waals surface area (Å²) in [5.41, 5.74) is 3.20. The van der Waals surface area contributed by atoms with E-state index in [0.717, 1.165) is 54.6 Å². The number of hydrogen-bond donors (Lipinski definition) is 0. The van der Waals surface area contributed by atoms with Crippen LogP contribution in [0.15, 0.2) is 78.9 Å². The highest BCUT2D eigenvalue weighted by Gasteiger charge is 2.32. The van der Waals surface area contributed by atoms with E-state index in [4.69, 9.17) is 4.74 Å². The fourth-order valence-corrected chi connectivity index (χ4v) is 4.56. The van der Waals surface area contributed by atoms with E-state index in [1.165, 1.54) is 12.1 Å². The number of aromatic nitrogens is 4. The van der Waals surface area contributed by atoms with Crippen molar-refractivity contribution >= 4 is 5.69 Å². The Morgan fingerprint density at radius 1 is 0.882 bits per heavy atom. The number of nitrogens with zero attached hydrogens (tertiary/aromatic N) is 6. The molecule has 1 aliphatic heterocycles. The highest BCUT2D eigenvalue weighted by atomic mass is 19.1. The molecule has 0 radical (unpaired) electrons. The summed E-state index contributed by atoms with van der Waals surface area (Å²) in [5.74, 6) is 1.37. The summed E-state index contributed by atoms with van der Waals surface area (Å²) >= 11 is 0. The average molecular weight is 459 g/mol. The molecule has 4 aromatic rings. The molecule has 1 aliphatic rings. The van der Waals surface area contributed by atoms with Crippen molar-refractivity contribution in [3.8, 4) is 5.75 Å². The topological polar surface area (TPSA) is 59.3 Å². The number of halogens is 1. The van der Waals surface area contributed by atoms with Crippen molar-refractivity contribution in [1.29, 1.82) is 0 Å². The zero-order chi connectivity index (χ0) is 23.3. The summed E-state index contributed by atoms with van der Waals surface area (Å²) in [6, 6.07) is 24.8. The number of benzene rings is 3. The Bertz CT molecular complexity index is 1210. The maximum atomic E-state index is 13.4. The van der Waals surface area contributed by atoms with Crippen LogP contribution in [0.4, 0.5) is 10.1 Å². The van der Waals surface area contributed by atoms with E-state index < -0.39 is 0 Å². The second-order valence-corrected chi connectivity index (χ2v) is 8.32. The van der Waals surface area contributed by atoms with Gasteiger partial charge in [0.25, 0.3) is 0 Å². The van der Waals surface area contributed by atoms with Gasteiger partial charge >= 0.3 is 0 Å². The molecule has 0 saturated carbocycles. The number of ether oxygens (including phenoxy) is 1. The highest BCUT2D eigenvalue weighted by Crippen LogP contribution is 2.34. The van der Waals surface area contributed by atoms with Gasteiger partial charge in [0.2, 0.25) is 0 Å². The minimum atomic E-state index is -0.219. The molecule has 0 aliphatic carbocycles.